The van der Waals surface area contributed by atoms with Crippen LogP contribution in [0.5, 0.6) is 0 Å². The zero-order valence-corrected chi connectivity index (χ0v) is 5.67. The largest absolute Gasteiger partial charge is 0.254 e. The Morgan fingerprint density at radius 2 is 2.38 bits per heavy atom. The van der Waals surface area contributed by atoms with Gasteiger partial charge in [-0.1, -0.05) is 11.6 Å². The van der Waals surface area contributed by atoms with E-state index in [1.54, 1.807) is 6.07 Å². The van der Waals surface area contributed by atoms with Crippen LogP contribution >= 0.6 is 22.9 Å². The monoisotopic (exact) mass is 145 g/mol. The van der Waals surface area contributed by atoms with Crippen LogP contribution in [0.4, 0.5) is 5.00 Å². The third-order valence-corrected chi connectivity index (χ3v) is 1.88. The van der Waals surface area contributed by atoms with Crippen molar-refractivity contribution in [3.63, 3.8) is 0 Å². The zero-order valence-electron chi connectivity index (χ0n) is 4.10. The molecule has 0 N–H and O–H groups in total. The molecule has 42 valence electrons. The summed E-state index contributed by atoms with van der Waals surface area (Å²) in [5, 5.41) is 0.870. The lowest BCUT2D eigenvalue weighted by Gasteiger charge is -1.73. The number of thiophene rings is 1. The maximum Gasteiger partial charge on any atom is 0.116 e. The van der Waals surface area contributed by atoms with Crippen molar-refractivity contribution in [2.45, 2.75) is 0 Å². The summed E-state index contributed by atoms with van der Waals surface area (Å²) in [5.74, 6) is 0. The molecule has 0 aliphatic rings. The first-order valence-corrected chi connectivity index (χ1v) is 3.24. The summed E-state index contributed by atoms with van der Waals surface area (Å²) in [6.45, 7) is 3.35. The van der Waals surface area contributed by atoms with Crippen molar-refractivity contribution >= 4 is 34.7 Å². The predicted molar refractivity (Wildman–Crippen MR) is 38.5 cm³/mol. The van der Waals surface area contributed by atoms with Crippen molar-refractivity contribution in [1.29, 1.82) is 0 Å². The Morgan fingerprint density at radius 3 is 2.62 bits per heavy atom. The summed E-state index contributed by atoms with van der Waals surface area (Å²) in [5.41, 5.74) is 0. The molecule has 0 aliphatic heterocycles. The SMILES string of the molecule is C=Nc1ccc(Cl)s1. The van der Waals surface area contributed by atoms with E-state index in [-0.39, 0.29) is 0 Å². The summed E-state index contributed by atoms with van der Waals surface area (Å²) in [4.78, 5) is 3.68. The summed E-state index contributed by atoms with van der Waals surface area (Å²) in [6, 6.07) is 3.64. The van der Waals surface area contributed by atoms with E-state index in [2.05, 4.69) is 11.7 Å². The molecule has 0 unspecified atom stereocenters. The molecule has 0 saturated carbocycles. The highest BCUT2D eigenvalue weighted by Crippen LogP contribution is 2.27. The maximum absolute atomic E-state index is 5.57. The van der Waals surface area contributed by atoms with Gasteiger partial charge in [0.05, 0.1) is 4.34 Å². The van der Waals surface area contributed by atoms with Gasteiger partial charge in [0.1, 0.15) is 5.00 Å². The molecule has 1 nitrogen and oxygen atoms in total. The van der Waals surface area contributed by atoms with Crippen molar-refractivity contribution < 1.29 is 0 Å². The Morgan fingerprint density at radius 1 is 1.62 bits per heavy atom. The van der Waals surface area contributed by atoms with Crippen molar-refractivity contribution in [1.82, 2.24) is 0 Å². The lowest BCUT2D eigenvalue weighted by molar-refractivity contribution is 1.69. The smallest absolute Gasteiger partial charge is 0.116 e. The Kier molecular flexibility index (Phi) is 1.65. The molecule has 0 aliphatic carbocycles. The third kappa shape index (κ3) is 1.08. The molecular weight excluding hydrogens is 142 g/mol. The fourth-order valence-corrected chi connectivity index (χ4v) is 1.23. The molecule has 1 aromatic heterocycles. The van der Waals surface area contributed by atoms with Gasteiger partial charge in [-0.05, 0) is 18.9 Å². The summed E-state index contributed by atoms with van der Waals surface area (Å²) in [7, 11) is 0. The van der Waals surface area contributed by atoms with E-state index in [0.29, 0.717) is 0 Å². The summed E-state index contributed by atoms with van der Waals surface area (Å²) < 4.78 is 0.757. The number of rotatable bonds is 1. The average Bonchev–Trinajstić information content (AvgIpc) is 2.14. The van der Waals surface area contributed by atoms with Gasteiger partial charge >= 0.3 is 0 Å². The summed E-state index contributed by atoms with van der Waals surface area (Å²) in [6.07, 6.45) is 0. The molecule has 1 heterocycles. The first-order chi connectivity index (χ1) is 3.83. The van der Waals surface area contributed by atoms with Crippen molar-refractivity contribution in [2.24, 2.45) is 4.99 Å². The number of hydrogen-bond acceptors (Lipinski definition) is 2. The zero-order chi connectivity index (χ0) is 5.98. The Balaban J connectivity index is 3.00. The van der Waals surface area contributed by atoms with Crippen molar-refractivity contribution in [3.05, 3.63) is 16.5 Å². The van der Waals surface area contributed by atoms with Crippen LogP contribution in [0.1, 0.15) is 0 Å². The molecule has 0 spiro atoms. The fourth-order valence-electron chi connectivity index (χ4n) is 0.390. The fraction of sp³-hybridized carbons (Fsp3) is 0. The Hall–Kier alpha value is -0.340. The van der Waals surface area contributed by atoms with Gasteiger partial charge in [0.2, 0.25) is 0 Å². The second kappa shape index (κ2) is 2.29. The molecule has 1 rings (SSSR count). The minimum absolute atomic E-state index is 0.757. The molecule has 3 heteroatoms. The molecule has 0 aromatic carbocycles. The minimum Gasteiger partial charge on any atom is -0.254 e. The maximum atomic E-state index is 5.57. The van der Waals surface area contributed by atoms with E-state index in [4.69, 9.17) is 11.6 Å². The van der Waals surface area contributed by atoms with Crippen LogP contribution in [-0.2, 0) is 0 Å². The molecule has 1 aromatic rings. The second-order valence-corrected chi connectivity index (χ2v) is 2.93. The molecule has 0 radical (unpaired) electrons. The number of nitrogens with zero attached hydrogens (tertiary/aromatic N) is 1. The van der Waals surface area contributed by atoms with Crippen molar-refractivity contribution in [2.75, 3.05) is 0 Å². The van der Waals surface area contributed by atoms with Gasteiger partial charge < -0.3 is 0 Å². The van der Waals surface area contributed by atoms with Crippen LogP contribution in [0.2, 0.25) is 4.34 Å². The van der Waals surface area contributed by atoms with Crippen LogP contribution in [0.15, 0.2) is 17.1 Å². The molecule has 0 saturated heterocycles. The first-order valence-electron chi connectivity index (χ1n) is 2.05. The van der Waals surface area contributed by atoms with Crippen LogP contribution < -0.4 is 0 Å². The normalized spacial score (nSPS) is 9.12. The molecule has 0 bridgehead atoms. The number of halogens is 1. The Bertz CT molecular complexity index is 194. The highest BCUT2D eigenvalue weighted by Gasteiger charge is 1.90. The molecule has 0 atom stereocenters. The van der Waals surface area contributed by atoms with Crippen LogP contribution in [0, 0.1) is 0 Å². The molecular formula is C5H4ClNS. The Labute approximate surface area is 56.6 Å². The van der Waals surface area contributed by atoms with E-state index in [1.165, 1.54) is 11.3 Å². The van der Waals surface area contributed by atoms with Gasteiger partial charge in [0.25, 0.3) is 0 Å². The third-order valence-electron chi connectivity index (χ3n) is 0.715. The quantitative estimate of drug-likeness (QED) is 0.539. The summed E-state index contributed by atoms with van der Waals surface area (Å²) >= 11 is 6.99. The minimum atomic E-state index is 0.757. The standard InChI is InChI=1S/C5H4ClNS/c1-7-5-3-2-4(6)8-5/h2-3H,1H2. The van der Waals surface area contributed by atoms with E-state index < -0.39 is 0 Å². The van der Waals surface area contributed by atoms with Gasteiger partial charge in [0.15, 0.2) is 0 Å². The van der Waals surface area contributed by atoms with E-state index >= 15 is 0 Å². The van der Waals surface area contributed by atoms with Gasteiger partial charge in [-0.15, -0.1) is 11.3 Å². The predicted octanol–water partition coefficient (Wildman–Crippen LogP) is 2.73. The van der Waals surface area contributed by atoms with E-state index in [9.17, 15) is 0 Å². The van der Waals surface area contributed by atoms with E-state index in [1.807, 2.05) is 6.07 Å². The molecule has 0 fully saturated rings. The highest BCUT2D eigenvalue weighted by molar-refractivity contribution is 7.19. The lowest BCUT2D eigenvalue weighted by atomic mass is 10.6. The number of aliphatic imine (C=N–C) groups is 1. The topological polar surface area (TPSA) is 12.4 Å². The van der Waals surface area contributed by atoms with Gasteiger partial charge in [-0.25, -0.2) is 0 Å². The van der Waals surface area contributed by atoms with E-state index in [0.717, 1.165) is 9.34 Å². The van der Waals surface area contributed by atoms with Crippen molar-refractivity contribution in [3.8, 4) is 0 Å². The average molecular weight is 146 g/mol. The van der Waals surface area contributed by atoms with Crippen LogP contribution in [0.3, 0.4) is 0 Å². The van der Waals surface area contributed by atoms with Gasteiger partial charge in [-0.3, -0.25) is 4.99 Å². The lowest BCUT2D eigenvalue weighted by Crippen LogP contribution is -1.38. The van der Waals surface area contributed by atoms with Gasteiger partial charge in [-0.2, -0.15) is 0 Å². The number of hydrogen-bond donors (Lipinski definition) is 0. The highest BCUT2D eigenvalue weighted by atomic mass is 35.5. The van der Waals surface area contributed by atoms with Gasteiger partial charge in [0, 0.05) is 0 Å². The molecule has 0 amide bonds. The first kappa shape index (κ1) is 5.79. The molecule has 8 heavy (non-hydrogen) atoms. The van der Waals surface area contributed by atoms with Crippen LogP contribution in [-0.4, -0.2) is 6.72 Å². The van der Waals surface area contributed by atoms with Crippen LogP contribution in [0.25, 0.3) is 0 Å². The second-order valence-electron chi connectivity index (χ2n) is 1.24.